The highest BCUT2D eigenvalue weighted by atomic mass is 19.1. The molecule has 1 unspecified atom stereocenters. The first kappa shape index (κ1) is 16.9. The molecule has 0 spiro atoms. The lowest BCUT2D eigenvalue weighted by Crippen LogP contribution is -2.21. The van der Waals surface area contributed by atoms with Gasteiger partial charge in [0.2, 0.25) is 5.78 Å². The smallest absolute Gasteiger partial charge is 0.201 e. The summed E-state index contributed by atoms with van der Waals surface area (Å²) >= 11 is 0. The van der Waals surface area contributed by atoms with Crippen LogP contribution in [0.15, 0.2) is 48.5 Å². The highest BCUT2D eigenvalue weighted by molar-refractivity contribution is 5.98. The number of rotatable bonds is 4. The Morgan fingerprint density at radius 1 is 1.12 bits per heavy atom. The third kappa shape index (κ3) is 3.40. The van der Waals surface area contributed by atoms with Gasteiger partial charge in [0.05, 0.1) is 11.0 Å². The molecular formula is C21H22FN3O. The number of Topliss-reactive ketones (excluding diaryl/α,β-unsaturated/α-hetero) is 1. The molecular weight excluding hydrogens is 329 g/mol. The number of ketones is 1. The minimum absolute atomic E-state index is 0.00813. The van der Waals surface area contributed by atoms with Crippen molar-refractivity contribution in [1.82, 2.24) is 14.9 Å². The molecule has 2 heterocycles. The molecule has 134 valence electrons. The summed E-state index contributed by atoms with van der Waals surface area (Å²) in [6.07, 6.45) is 2.75. The van der Waals surface area contributed by atoms with Crippen molar-refractivity contribution in [3.8, 4) is 0 Å². The summed E-state index contributed by atoms with van der Waals surface area (Å²) in [7, 11) is 0. The predicted molar refractivity (Wildman–Crippen MR) is 99.8 cm³/mol. The van der Waals surface area contributed by atoms with Gasteiger partial charge < -0.3 is 9.88 Å². The molecule has 1 aliphatic rings. The summed E-state index contributed by atoms with van der Waals surface area (Å²) in [6.45, 7) is 2.34. The number of carbonyl (C=O) groups is 1. The average molecular weight is 351 g/mol. The number of benzene rings is 2. The van der Waals surface area contributed by atoms with Crippen LogP contribution in [0, 0.1) is 11.7 Å². The molecule has 1 aromatic heterocycles. The van der Waals surface area contributed by atoms with Crippen LogP contribution >= 0.6 is 0 Å². The Kier molecular flexibility index (Phi) is 4.80. The molecule has 4 nitrogen and oxygen atoms in total. The van der Waals surface area contributed by atoms with E-state index in [2.05, 4.69) is 10.3 Å². The predicted octanol–water partition coefficient (Wildman–Crippen LogP) is 3.80. The summed E-state index contributed by atoms with van der Waals surface area (Å²) in [4.78, 5) is 17.9. The van der Waals surface area contributed by atoms with E-state index in [1.54, 1.807) is 12.1 Å². The Bertz CT molecular complexity index is 909. The van der Waals surface area contributed by atoms with Gasteiger partial charge in [-0.15, -0.1) is 0 Å². The highest BCUT2D eigenvalue weighted by Gasteiger charge is 2.26. The second kappa shape index (κ2) is 7.38. The normalized spacial score (nSPS) is 18.0. The number of hydrogen-bond acceptors (Lipinski definition) is 3. The lowest BCUT2D eigenvalue weighted by Gasteiger charge is -2.14. The maximum atomic E-state index is 13.2. The van der Waals surface area contributed by atoms with Crippen LogP contribution in [0.2, 0.25) is 0 Å². The molecule has 0 saturated carbocycles. The highest BCUT2D eigenvalue weighted by Crippen LogP contribution is 2.24. The number of hydrogen-bond donors (Lipinski definition) is 1. The molecule has 0 radical (unpaired) electrons. The zero-order valence-corrected chi connectivity index (χ0v) is 14.6. The van der Waals surface area contributed by atoms with Crippen LogP contribution in [0.5, 0.6) is 0 Å². The SMILES string of the molecule is O=C(c1nc2ccccc2n1Cc1ccc(F)cc1)C1CCCNCC1. The van der Waals surface area contributed by atoms with Gasteiger partial charge in [0, 0.05) is 12.5 Å². The summed E-state index contributed by atoms with van der Waals surface area (Å²) in [5, 5.41) is 3.35. The lowest BCUT2D eigenvalue weighted by atomic mass is 9.95. The maximum Gasteiger partial charge on any atom is 0.201 e. The zero-order chi connectivity index (χ0) is 17.9. The first-order valence-electron chi connectivity index (χ1n) is 9.17. The van der Waals surface area contributed by atoms with Gasteiger partial charge in [0.25, 0.3) is 0 Å². The lowest BCUT2D eigenvalue weighted by molar-refractivity contribution is 0.0896. The number of nitrogens with zero attached hydrogens (tertiary/aromatic N) is 2. The number of para-hydroxylation sites is 2. The summed E-state index contributed by atoms with van der Waals surface area (Å²) in [5.41, 5.74) is 2.71. The summed E-state index contributed by atoms with van der Waals surface area (Å²) < 4.78 is 15.2. The monoisotopic (exact) mass is 351 g/mol. The molecule has 1 aliphatic heterocycles. The molecule has 0 bridgehead atoms. The molecule has 1 fully saturated rings. The van der Waals surface area contributed by atoms with E-state index < -0.39 is 0 Å². The molecule has 4 rings (SSSR count). The van der Waals surface area contributed by atoms with Gasteiger partial charge >= 0.3 is 0 Å². The fourth-order valence-electron chi connectivity index (χ4n) is 3.66. The van der Waals surface area contributed by atoms with Crippen LogP contribution in [0.3, 0.4) is 0 Å². The first-order chi connectivity index (χ1) is 12.7. The third-order valence-corrected chi connectivity index (χ3v) is 5.08. The zero-order valence-electron chi connectivity index (χ0n) is 14.6. The molecule has 5 heteroatoms. The van der Waals surface area contributed by atoms with E-state index >= 15 is 0 Å². The number of imidazole rings is 1. The van der Waals surface area contributed by atoms with Gasteiger partial charge in [-0.25, -0.2) is 9.37 Å². The number of carbonyl (C=O) groups excluding carboxylic acids is 1. The van der Waals surface area contributed by atoms with E-state index in [1.807, 2.05) is 28.8 Å². The van der Waals surface area contributed by atoms with E-state index in [4.69, 9.17) is 0 Å². The molecule has 3 aromatic rings. The van der Waals surface area contributed by atoms with Gasteiger partial charge in [-0.3, -0.25) is 4.79 Å². The Morgan fingerprint density at radius 2 is 1.92 bits per heavy atom. The molecule has 0 aliphatic carbocycles. The largest absolute Gasteiger partial charge is 0.317 e. The van der Waals surface area contributed by atoms with Crippen LogP contribution in [0.25, 0.3) is 11.0 Å². The number of aromatic nitrogens is 2. The molecule has 0 amide bonds. The minimum atomic E-state index is -0.258. The number of halogens is 1. The Labute approximate surface area is 152 Å². The van der Waals surface area contributed by atoms with Crippen molar-refractivity contribution in [3.63, 3.8) is 0 Å². The summed E-state index contributed by atoms with van der Waals surface area (Å²) in [5.74, 6) is 0.384. The quantitative estimate of drug-likeness (QED) is 0.728. The Balaban J connectivity index is 1.73. The standard InChI is InChI=1S/C21H22FN3O/c22-17-9-7-15(8-10-17)14-25-19-6-2-1-5-18(19)24-21(25)20(26)16-4-3-12-23-13-11-16/h1-2,5-10,16,23H,3-4,11-14H2. The van der Waals surface area contributed by atoms with E-state index in [9.17, 15) is 9.18 Å². The van der Waals surface area contributed by atoms with Crippen molar-refractivity contribution < 1.29 is 9.18 Å². The van der Waals surface area contributed by atoms with Crippen molar-refractivity contribution in [1.29, 1.82) is 0 Å². The van der Waals surface area contributed by atoms with Gasteiger partial charge in [-0.1, -0.05) is 24.3 Å². The molecule has 1 atom stereocenters. The fourth-order valence-corrected chi connectivity index (χ4v) is 3.66. The van der Waals surface area contributed by atoms with Crippen molar-refractivity contribution in [2.24, 2.45) is 5.92 Å². The maximum absolute atomic E-state index is 13.2. The van der Waals surface area contributed by atoms with Crippen LogP contribution in [0.4, 0.5) is 4.39 Å². The van der Waals surface area contributed by atoms with E-state index in [-0.39, 0.29) is 17.5 Å². The Morgan fingerprint density at radius 3 is 2.77 bits per heavy atom. The number of nitrogens with one attached hydrogen (secondary N) is 1. The van der Waals surface area contributed by atoms with Crippen LogP contribution in [-0.4, -0.2) is 28.4 Å². The minimum Gasteiger partial charge on any atom is -0.317 e. The molecule has 1 N–H and O–H groups in total. The van der Waals surface area contributed by atoms with Crippen LogP contribution in [-0.2, 0) is 6.54 Å². The van der Waals surface area contributed by atoms with Gasteiger partial charge in [-0.2, -0.15) is 0 Å². The molecule has 26 heavy (non-hydrogen) atoms. The third-order valence-electron chi connectivity index (χ3n) is 5.08. The number of fused-ring (bicyclic) bond motifs is 1. The first-order valence-corrected chi connectivity index (χ1v) is 9.17. The second-order valence-electron chi connectivity index (χ2n) is 6.88. The van der Waals surface area contributed by atoms with Crippen molar-refractivity contribution in [2.75, 3.05) is 13.1 Å². The van der Waals surface area contributed by atoms with E-state index in [0.717, 1.165) is 48.9 Å². The van der Waals surface area contributed by atoms with Crippen LogP contribution < -0.4 is 5.32 Å². The van der Waals surface area contributed by atoms with Crippen molar-refractivity contribution in [3.05, 3.63) is 65.7 Å². The topological polar surface area (TPSA) is 46.9 Å². The molecule has 1 saturated heterocycles. The van der Waals surface area contributed by atoms with Gasteiger partial charge in [-0.05, 0) is 62.2 Å². The average Bonchev–Trinajstić information content (AvgIpc) is 2.83. The van der Waals surface area contributed by atoms with E-state index in [1.165, 1.54) is 12.1 Å². The molecule has 2 aromatic carbocycles. The van der Waals surface area contributed by atoms with Crippen molar-refractivity contribution in [2.45, 2.75) is 25.8 Å². The summed E-state index contributed by atoms with van der Waals surface area (Å²) in [6, 6.07) is 14.2. The van der Waals surface area contributed by atoms with Crippen LogP contribution in [0.1, 0.15) is 35.4 Å². The Hall–Kier alpha value is -2.53. The van der Waals surface area contributed by atoms with E-state index in [0.29, 0.717) is 12.4 Å². The van der Waals surface area contributed by atoms with Crippen molar-refractivity contribution >= 4 is 16.8 Å². The second-order valence-corrected chi connectivity index (χ2v) is 6.88. The van der Waals surface area contributed by atoms with Gasteiger partial charge in [0.1, 0.15) is 5.82 Å². The fraction of sp³-hybridized carbons (Fsp3) is 0.333. The van der Waals surface area contributed by atoms with Gasteiger partial charge in [0.15, 0.2) is 5.82 Å².